The summed E-state index contributed by atoms with van der Waals surface area (Å²) in [4.78, 5) is 74.4. The van der Waals surface area contributed by atoms with Crippen LogP contribution in [0.5, 0.6) is 0 Å². The van der Waals surface area contributed by atoms with Crippen LogP contribution >= 0.6 is 24.5 Å². The van der Waals surface area contributed by atoms with Gasteiger partial charge in [0.15, 0.2) is 0 Å². The van der Waals surface area contributed by atoms with Crippen molar-refractivity contribution in [3.8, 4) is 0 Å². The van der Waals surface area contributed by atoms with Crippen molar-refractivity contribution in [2.45, 2.75) is 24.9 Å². The molecule has 0 aliphatic carbocycles. The maximum absolute atomic E-state index is 10.9. The molecule has 1 saturated heterocycles. The summed E-state index contributed by atoms with van der Waals surface area (Å²) in [5.74, 6) is 0. The van der Waals surface area contributed by atoms with Gasteiger partial charge >= 0.3 is 24.5 Å². The summed E-state index contributed by atoms with van der Waals surface area (Å²) in [6.07, 6.45) is -1.37. The Hall–Kier alpha value is -1.03. The molecule has 8 N–H and O–H groups in total. The average molecular weight is 521 g/mol. The lowest BCUT2D eigenvalue weighted by Gasteiger charge is -2.16. The van der Waals surface area contributed by atoms with Crippen LogP contribution in [0.25, 0.3) is 10.9 Å². The number of aromatic nitrogens is 1. The van der Waals surface area contributed by atoms with Gasteiger partial charge in [0.2, 0.25) is 0 Å². The molecule has 0 unspecified atom stereocenters. The Morgan fingerprint density at radius 2 is 1.78 bits per heavy atom. The van der Waals surface area contributed by atoms with Crippen molar-refractivity contribution >= 4 is 41.1 Å². The fourth-order valence-corrected chi connectivity index (χ4v) is 6.21. The minimum Gasteiger partial charge on any atom is -0.390 e. The monoisotopic (exact) mass is 521 g/mol. The van der Waals surface area contributed by atoms with Crippen LogP contribution in [0.2, 0.25) is 0 Å². The summed E-state index contributed by atoms with van der Waals surface area (Å²) < 4.78 is 19.6. The number of rotatable bonds is 9. The Morgan fingerprint density at radius 1 is 1.09 bits per heavy atom. The van der Waals surface area contributed by atoms with E-state index in [4.69, 9.17) is 19.4 Å². The number of aliphatic hydroxyl groups is 1. The first kappa shape index (κ1) is 25.6. The highest BCUT2D eigenvalue weighted by atomic mass is 31.3. The lowest BCUT2D eigenvalue weighted by molar-refractivity contribution is -0.384. The molecule has 0 spiro atoms. The summed E-state index contributed by atoms with van der Waals surface area (Å²) in [6, 6.07) is 5.80. The van der Waals surface area contributed by atoms with Crippen LogP contribution in [0.3, 0.4) is 0 Å². The first-order chi connectivity index (χ1) is 14.7. The number of nitrogens with zero attached hydrogens (tertiary/aromatic N) is 2. The molecule has 0 bridgehead atoms. The topological polar surface area (TPSA) is 247 Å². The van der Waals surface area contributed by atoms with Gasteiger partial charge in [-0.3, -0.25) is 10.1 Å². The molecule has 0 amide bonds. The normalized spacial score (nSPS) is 22.6. The fraction of sp³-hybridized carbons (Fsp3) is 0.385. The molecule has 3 rings (SSSR count). The largest absolute Gasteiger partial charge is 0.667 e. The zero-order valence-corrected chi connectivity index (χ0v) is 18.5. The van der Waals surface area contributed by atoms with Crippen molar-refractivity contribution in [1.82, 2.24) is 4.57 Å². The standard InChI is InChI=1S/C13H20N2O14P3/c16-11-6-13(14-4-3-8-5-9(15(17)18)1-2-10(8)14)27-12(11)7-26-31(22,23)29-32(24,25)28-30(19,20)21/h1-5,11-13,16,19-25H,6-7H2/q+3/t11-,12+,13+/m0/s1. The summed E-state index contributed by atoms with van der Waals surface area (Å²) in [6.45, 7) is -0.694. The Balaban J connectivity index is 1.63. The molecule has 178 valence electrons. The number of ether oxygens (including phenoxy) is 1. The smallest absolute Gasteiger partial charge is 0.390 e. The van der Waals surface area contributed by atoms with Crippen molar-refractivity contribution in [3.63, 3.8) is 0 Å². The van der Waals surface area contributed by atoms with E-state index in [1.807, 2.05) is 0 Å². The van der Waals surface area contributed by atoms with Gasteiger partial charge in [-0.2, -0.15) is 34.3 Å². The van der Waals surface area contributed by atoms with E-state index in [-0.39, 0.29) is 12.1 Å². The summed E-state index contributed by atoms with van der Waals surface area (Å²) in [5.41, 5.74) is 0.485. The Morgan fingerprint density at radius 3 is 2.41 bits per heavy atom. The van der Waals surface area contributed by atoms with Crippen molar-refractivity contribution in [2.24, 2.45) is 0 Å². The molecule has 1 aromatic carbocycles. The van der Waals surface area contributed by atoms with Gasteiger partial charge in [-0.05, 0) is 12.1 Å². The third kappa shape index (κ3) is 6.52. The minimum atomic E-state index is -5.28. The molecule has 0 saturated carbocycles. The lowest BCUT2D eigenvalue weighted by Crippen LogP contribution is -2.26. The highest BCUT2D eigenvalue weighted by Gasteiger charge is 2.69. The second-order valence-corrected chi connectivity index (χ2v) is 11.2. The molecule has 32 heavy (non-hydrogen) atoms. The zero-order chi connectivity index (χ0) is 23.9. The maximum Gasteiger partial charge on any atom is 0.667 e. The summed E-state index contributed by atoms with van der Waals surface area (Å²) in [7, 11) is -15.5. The van der Waals surface area contributed by atoms with Crippen molar-refractivity contribution < 1.29 is 62.2 Å². The van der Waals surface area contributed by atoms with E-state index in [1.54, 1.807) is 16.8 Å². The molecule has 2 heterocycles. The number of non-ortho nitro benzene ring substituents is 1. The summed E-state index contributed by atoms with van der Waals surface area (Å²) in [5, 5.41) is 21.7. The molecule has 1 aromatic heterocycles. The van der Waals surface area contributed by atoms with E-state index in [0.717, 1.165) is 0 Å². The Labute approximate surface area is 180 Å². The molecule has 3 atom stereocenters. The van der Waals surface area contributed by atoms with Gasteiger partial charge in [-0.25, -0.2) is 0 Å². The SMILES string of the molecule is O=[N+]([O-])c1ccc2c(ccn2[C@H]2C[C@H](O)[C@@H](CO[P+](O)(O)O[P+](O)(O)O[P+](O)(O)O)O2)c1. The van der Waals surface area contributed by atoms with E-state index in [1.165, 1.54) is 18.2 Å². The molecule has 0 radical (unpaired) electrons. The van der Waals surface area contributed by atoms with E-state index in [2.05, 4.69) is 13.1 Å². The van der Waals surface area contributed by atoms with Gasteiger partial charge in [0.25, 0.3) is 5.69 Å². The van der Waals surface area contributed by atoms with E-state index in [9.17, 15) is 34.8 Å². The molecule has 16 nitrogen and oxygen atoms in total. The maximum atomic E-state index is 10.9. The third-order valence-corrected chi connectivity index (χ3v) is 8.18. The number of nitro benzene ring substituents is 1. The van der Waals surface area contributed by atoms with E-state index in [0.29, 0.717) is 10.9 Å². The number of nitro groups is 1. The highest BCUT2D eigenvalue weighted by molar-refractivity contribution is 7.73. The number of fused-ring (bicyclic) bond motifs is 1. The predicted octanol–water partition coefficient (Wildman–Crippen LogP) is 0.227. The van der Waals surface area contributed by atoms with Crippen LogP contribution in [0.4, 0.5) is 5.69 Å². The molecule has 1 aliphatic rings. The molecule has 1 fully saturated rings. The van der Waals surface area contributed by atoms with Gasteiger partial charge in [0.05, 0.1) is 25.2 Å². The third-order valence-electron chi connectivity index (χ3n) is 4.26. The zero-order valence-electron chi connectivity index (χ0n) is 15.8. The van der Waals surface area contributed by atoms with Crippen molar-refractivity contribution in [2.75, 3.05) is 6.61 Å². The van der Waals surface area contributed by atoms with Crippen LogP contribution < -0.4 is 0 Å². The Bertz CT molecular complexity index is 978. The first-order valence-corrected chi connectivity index (χ1v) is 13.2. The summed E-state index contributed by atoms with van der Waals surface area (Å²) >= 11 is 0. The number of benzene rings is 1. The van der Waals surface area contributed by atoms with Gasteiger partial charge in [0, 0.05) is 30.1 Å². The van der Waals surface area contributed by atoms with Gasteiger partial charge < -0.3 is 14.4 Å². The first-order valence-electron chi connectivity index (χ1n) is 8.58. The number of hydrogen-bond donors (Lipinski definition) is 8. The highest BCUT2D eigenvalue weighted by Crippen LogP contribution is 2.75. The van der Waals surface area contributed by atoms with E-state index >= 15 is 0 Å². The molecule has 19 heteroatoms. The van der Waals surface area contributed by atoms with Crippen molar-refractivity contribution in [1.29, 1.82) is 0 Å². The molecule has 1 aliphatic heterocycles. The van der Waals surface area contributed by atoms with Crippen molar-refractivity contribution in [3.05, 3.63) is 40.6 Å². The van der Waals surface area contributed by atoms with E-state index < -0.39 is 54.5 Å². The van der Waals surface area contributed by atoms with Crippen LogP contribution in [-0.4, -0.2) is 67.7 Å². The predicted molar refractivity (Wildman–Crippen MR) is 108 cm³/mol. The molecular weight excluding hydrogens is 501 g/mol. The lowest BCUT2D eigenvalue weighted by atomic mass is 10.2. The van der Waals surface area contributed by atoms with Gasteiger partial charge in [-0.15, -0.1) is 4.52 Å². The van der Waals surface area contributed by atoms with Crippen LogP contribution in [0.15, 0.2) is 30.5 Å². The molecular formula is C13H20N2O14P3+3. The fourth-order valence-electron chi connectivity index (χ4n) is 3.04. The van der Waals surface area contributed by atoms with Gasteiger partial charge in [-0.1, -0.05) is 0 Å². The second-order valence-electron chi connectivity index (χ2n) is 6.61. The minimum absolute atomic E-state index is 0.0462. The second kappa shape index (κ2) is 9.31. The quantitative estimate of drug-likeness (QED) is 0.125. The average Bonchev–Trinajstić information content (AvgIpc) is 3.19. The van der Waals surface area contributed by atoms with Gasteiger partial charge in [0.1, 0.15) is 18.9 Å². The number of hydrogen-bond acceptors (Lipinski definition) is 14. The number of aliphatic hydroxyl groups excluding tert-OH is 1. The van der Waals surface area contributed by atoms with Crippen LogP contribution in [-0.2, 0) is 17.9 Å². The van der Waals surface area contributed by atoms with Crippen LogP contribution in [0.1, 0.15) is 12.6 Å². The Kier molecular flexibility index (Phi) is 7.45. The van der Waals surface area contributed by atoms with Crippen LogP contribution in [0, 0.1) is 10.1 Å². The molecule has 2 aromatic rings.